The number of fused-ring (bicyclic) bond motifs is 1. The molecule has 2 unspecified atom stereocenters. The van der Waals surface area contributed by atoms with Crippen LogP contribution in [-0.2, 0) is 13.0 Å². The van der Waals surface area contributed by atoms with Crippen LogP contribution in [0.1, 0.15) is 57.3 Å². The van der Waals surface area contributed by atoms with Crippen LogP contribution in [0.15, 0.2) is 6.20 Å². The van der Waals surface area contributed by atoms with Gasteiger partial charge in [0.25, 0.3) is 0 Å². The highest BCUT2D eigenvalue weighted by molar-refractivity contribution is 5.25. The van der Waals surface area contributed by atoms with Crippen LogP contribution in [-0.4, -0.2) is 27.5 Å². The molecule has 0 aliphatic heterocycles. The molecule has 0 fully saturated rings. The van der Waals surface area contributed by atoms with Gasteiger partial charge >= 0.3 is 0 Å². The van der Waals surface area contributed by atoms with Crippen LogP contribution in [0, 0.1) is 5.92 Å². The Balaban J connectivity index is 2.05. The minimum atomic E-state index is 0.163. The van der Waals surface area contributed by atoms with E-state index in [1.54, 1.807) is 0 Å². The molecule has 0 aromatic carbocycles. The summed E-state index contributed by atoms with van der Waals surface area (Å²) >= 11 is 0. The number of hydrogen-bond donors (Lipinski definition) is 2. The van der Waals surface area contributed by atoms with Crippen molar-refractivity contribution in [3.63, 3.8) is 0 Å². The molecule has 19 heavy (non-hydrogen) atoms. The first-order chi connectivity index (χ1) is 9.11. The summed E-state index contributed by atoms with van der Waals surface area (Å²) in [7, 11) is 0. The average Bonchev–Trinajstić information content (AvgIpc) is 2.73. The van der Waals surface area contributed by atoms with E-state index in [-0.39, 0.29) is 6.61 Å². The number of nitrogens with one attached hydrogen (secondary N) is 1. The first kappa shape index (κ1) is 14.5. The second-order valence-corrected chi connectivity index (χ2v) is 6.14. The summed E-state index contributed by atoms with van der Waals surface area (Å²) in [6, 6.07) is 0.974. The zero-order valence-electron chi connectivity index (χ0n) is 12.4. The smallest absolute Gasteiger partial charge is 0.0644 e. The fourth-order valence-corrected chi connectivity index (χ4v) is 3.20. The molecule has 0 radical (unpaired) electrons. The number of rotatable bonds is 6. The van der Waals surface area contributed by atoms with Gasteiger partial charge in [0, 0.05) is 23.3 Å². The number of aliphatic hydroxyl groups excluding tert-OH is 1. The molecule has 1 aromatic heterocycles. The Morgan fingerprint density at radius 3 is 2.95 bits per heavy atom. The molecule has 0 spiro atoms. The molecule has 1 aliphatic rings. The van der Waals surface area contributed by atoms with Gasteiger partial charge in [0.2, 0.25) is 0 Å². The summed E-state index contributed by atoms with van der Waals surface area (Å²) in [6.45, 7) is 7.58. The second-order valence-electron chi connectivity index (χ2n) is 6.14. The van der Waals surface area contributed by atoms with Crippen LogP contribution < -0.4 is 5.32 Å². The summed E-state index contributed by atoms with van der Waals surface area (Å²) in [4.78, 5) is 0. The quantitative estimate of drug-likeness (QED) is 0.829. The van der Waals surface area contributed by atoms with Crippen LogP contribution in [0.2, 0.25) is 0 Å². The lowest BCUT2D eigenvalue weighted by molar-refractivity contribution is 0.266. The van der Waals surface area contributed by atoms with Gasteiger partial charge < -0.3 is 10.4 Å². The molecule has 2 N–H and O–H groups in total. The molecule has 0 saturated heterocycles. The van der Waals surface area contributed by atoms with Crippen molar-refractivity contribution in [3.8, 4) is 0 Å². The maximum Gasteiger partial charge on any atom is 0.0644 e. The first-order valence-electron chi connectivity index (χ1n) is 7.53. The minimum Gasteiger partial charge on any atom is -0.394 e. The molecule has 108 valence electrons. The molecular formula is C15H27N3O. The zero-order chi connectivity index (χ0) is 13.8. The number of aliphatic hydroxyl groups is 1. The third-order valence-electron chi connectivity index (χ3n) is 3.89. The predicted octanol–water partition coefficient (Wildman–Crippen LogP) is 2.28. The summed E-state index contributed by atoms with van der Waals surface area (Å²) < 4.78 is 1.97. The van der Waals surface area contributed by atoms with E-state index in [1.807, 2.05) is 10.9 Å². The van der Waals surface area contributed by atoms with Crippen molar-refractivity contribution in [1.82, 2.24) is 15.1 Å². The van der Waals surface area contributed by atoms with Gasteiger partial charge in [-0.15, -0.1) is 0 Å². The van der Waals surface area contributed by atoms with Crippen LogP contribution in [0.3, 0.4) is 0 Å². The van der Waals surface area contributed by atoms with E-state index < -0.39 is 0 Å². The molecule has 2 rings (SSSR count). The first-order valence-corrected chi connectivity index (χ1v) is 7.53. The van der Waals surface area contributed by atoms with Crippen LogP contribution >= 0.6 is 0 Å². The summed E-state index contributed by atoms with van der Waals surface area (Å²) in [5.41, 5.74) is 2.66. The van der Waals surface area contributed by atoms with E-state index in [9.17, 15) is 0 Å². The van der Waals surface area contributed by atoms with Gasteiger partial charge in [0.15, 0.2) is 0 Å². The van der Waals surface area contributed by atoms with Gasteiger partial charge in [-0.05, 0) is 38.5 Å². The predicted molar refractivity (Wildman–Crippen MR) is 77.0 cm³/mol. The van der Waals surface area contributed by atoms with Gasteiger partial charge in [0.1, 0.15) is 0 Å². The molecule has 4 heteroatoms. The maximum absolute atomic E-state index is 9.07. The summed E-state index contributed by atoms with van der Waals surface area (Å²) in [5, 5.41) is 17.2. The average molecular weight is 265 g/mol. The largest absolute Gasteiger partial charge is 0.394 e. The van der Waals surface area contributed by atoms with Gasteiger partial charge in [-0.25, -0.2) is 0 Å². The van der Waals surface area contributed by atoms with E-state index in [2.05, 4.69) is 31.2 Å². The monoisotopic (exact) mass is 265 g/mol. The highest BCUT2D eigenvalue weighted by Crippen LogP contribution is 2.30. The summed E-state index contributed by atoms with van der Waals surface area (Å²) in [6.07, 6.45) is 6.68. The van der Waals surface area contributed by atoms with Gasteiger partial charge in [-0.1, -0.05) is 13.8 Å². The SMILES string of the molecule is CC(C)CC(C)NC1CCCc2c1cnn2CCO. The number of nitrogens with zero attached hydrogens (tertiary/aromatic N) is 2. The second kappa shape index (κ2) is 6.53. The Kier molecular flexibility index (Phi) is 4.99. The maximum atomic E-state index is 9.07. The lowest BCUT2D eigenvalue weighted by atomic mass is 9.91. The van der Waals surface area contributed by atoms with E-state index in [0.29, 0.717) is 18.6 Å². The van der Waals surface area contributed by atoms with E-state index >= 15 is 0 Å². The van der Waals surface area contributed by atoms with Crippen molar-refractivity contribution in [3.05, 3.63) is 17.5 Å². The molecule has 0 amide bonds. The standard InChI is InChI=1S/C15H27N3O/c1-11(2)9-12(3)17-14-5-4-6-15-13(14)10-16-18(15)7-8-19/h10-12,14,17,19H,4-9H2,1-3H3. The van der Waals surface area contributed by atoms with E-state index in [4.69, 9.17) is 5.11 Å². The fourth-order valence-electron chi connectivity index (χ4n) is 3.20. The van der Waals surface area contributed by atoms with Crippen molar-refractivity contribution < 1.29 is 5.11 Å². The fraction of sp³-hybridized carbons (Fsp3) is 0.800. The van der Waals surface area contributed by atoms with E-state index in [1.165, 1.54) is 30.5 Å². The number of hydrogen-bond acceptors (Lipinski definition) is 3. The Morgan fingerprint density at radius 2 is 2.26 bits per heavy atom. The molecule has 2 atom stereocenters. The van der Waals surface area contributed by atoms with Crippen LogP contribution in [0.25, 0.3) is 0 Å². The van der Waals surface area contributed by atoms with Gasteiger partial charge in [-0.3, -0.25) is 4.68 Å². The highest BCUT2D eigenvalue weighted by Gasteiger charge is 2.25. The van der Waals surface area contributed by atoms with Crippen LogP contribution in [0.4, 0.5) is 0 Å². The van der Waals surface area contributed by atoms with Crippen LogP contribution in [0.5, 0.6) is 0 Å². The third-order valence-corrected chi connectivity index (χ3v) is 3.89. The lowest BCUT2D eigenvalue weighted by Crippen LogP contribution is -2.33. The molecule has 1 aromatic rings. The van der Waals surface area contributed by atoms with Crippen molar-refractivity contribution in [1.29, 1.82) is 0 Å². The van der Waals surface area contributed by atoms with Crippen molar-refractivity contribution in [2.45, 2.75) is 65.1 Å². The summed E-state index contributed by atoms with van der Waals surface area (Å²) in [5.74, 6) is 0.725. The Labute approximate surface area is 116 Å². The number of aromatic nitrogens is 2. The normalized spacial score (nSPS) is 20.6. The molecule has 0 bridgehead atoms. The Hall–Kier alpha value is -0.870. The highest BCUT2D eigenvalue weighted by atomic mass is 16.3. The topological polar surface area (TPSA) is 50.1 Å². The van der Waals surface area contributed by atoms with Crippen molar-refractivity contribution in [2.75, 3.05) is 6.61 Å². The molecule has 1 aliphatic carbocycles. The minimum absolute atomic E-state index is 0.163. The molecule has 1 heterocycles. The lowest BCUT2D eigenvalue weighted by Gasteiger charge is -2.28. The van der Waals surface area contributed by atoms with Crippen molar-refractivity contribution >= 4 is 0 Å². The van der Waals surface area contributed by atoms with Gasteiger partial charge in [0.05, 0.1) is 19.3 Å². The molecule has 4 nitrogen and oxygen atoms in total. The van der Waals surface area contributed by atoms with E-state index in [0.717, 1.165) is 12.3 Å². The molecular weight excluding hydrogens is 238 g/mol. The van der Waals surface area contributed by atoms with Crippen molar-refractivity contribution in [2.24, 2.45) is 5.92 Å². The van der Waals surface area contributed by atoms with Gasteiger partial charge in [-0.2, -0.15) is 5.10 Å². The third kappa shape index (κ3) is 3.57. The molecule has 0 saturated carbocycles. The Morgan fingerprint density at radius 1 is 1.47 bits per heavy atom. The zero-order valence-corrected chi connectivity index (χ0v) is 12.4. The Bertz CT molecular complexity index is 400.